The first-order chi connectivity index (χ1) is 12.4. The van der Waals surface area contributed by atoms with Crippen LogP contribution in [0.25, 0.3) is 0 Å². The maximum atomic E-state index is 12.9. The number of ether oxygens (including phenoxy) is 2. The molecule has 26 heavy (non-hydrogen) atoms. The van der Waals surface area contributed by atoms with Gasteiger partial charge in [-0.1, -0.05) is 12.8 Å². The van der Waals surface area contributed by atoms with Gasteiger partial charge in [0.15, 0.2) is 0 Å². The summed E-state index contributed by atoms with van der Waals surface area (Å²) in [5.41, 5.74) is 0.275. The molecule has 1 saturated heterocycles. The van der Waals surface area contributed by atoms with Crippen molar-refractivity contribution in [2.75, 3.05) is 33.9 Å². The Balaban J connectivity index is 2.31. The lowest BCUT2D eigenvalue weighted by Crippen LogP contribution is -2.36. The zero-order valence-electron chi connectivity index (χ0n) is 15.7. The zero-order chi connectivity index (χ0) is 19.2. The van der Waals surface area contributed by atoms with E-state index >= 15 is 0 Å². The van der Waals surface area contributed by atoms with Gasteiger partial charge in [0.1, 0.15) is 5.75 Å². The summed E-state index contributed by atoms with van der Waals surface area (Å²) in [5.74, 6) is 0.189. The number of benzene rings is 1. The van der Waals surface area contributed by atoms with E-state index in [1.807, 2.05) is 0 Å². The van der Waals surface area contributed by atoms with E-state index in [0.717, 1.165) is 25.7 Å². The number of carbonyl (C=O) groups is 1. The lowest BCUT2D eigenvalue weighted by atomic mass is 10.1. The molecule has 1 heterocycles. The fraction of sp³-hybridized carbons (Fsp3) is 0.611. The highest BCUT2D eigenvalue weighted by molar-refractivity contribution is 7.89. The number of likely N-dealkylation sites (tertiary alicyclic amines) is 1. The van der Waals surface area contributed by atoms with Crippen molar-refractivity contribution in [1.82, 2.24) is 9.62 Å². The predicted octanol–water partition coefficient (Wildman–Crippen LogP) is 2.02. The van der Waals surface area contributed by atoms with Gasteiger partial charge in [-0.05, 0) is 38.0 Å². The molecule has 7 nitrogen and oxygen atoms in total. The Bertz CT molecular complexity index is 712. The van der Waals surface area contributed by atoms with Gasteiger partial charge in [0.05, 0.1) is 24.2 Å². The van der Waals surface area contributed by atoms with Crippen molar-refractivity contribution < 1.29 is 22.7 Å². The molecule has 0 aromatic heterocycles. The molecule has 1 aromatic carbocycles. The number of sulfonamides is 1. The van der Waals surface area contributed by atoms with Crippen LogP contribution in [0.5, 0.6) is 5.75 Å². The van der Waals surface area contributed by atoms with Gasteiger partial charge < -0.3 is 14.4 Å². The topological polar surface area (TPSA) is 84.9 Å². The number of methoxy groups -OCH3 is 2. The number of carbonyl (C=O) groups excluding carboxylic acids is 1. The fourth-order valence-electron chi connectivity index (χ4n) is 3.08. The van der Waals surface area contributed by atoms with Gasteiger partial charge >= 0.3 is 0 Å². The van der Waals surface area contributed by atoms with Gasteiger partial charge in [-0.15, -0.1) is 0 Å². The number of nitrogens with zero attached hydrogens (tertiary/aromatic N) is 1. The molecule has 1 fully saturated rings. The summed E-state index contributed by atoms with van der Waals surface area (Å²) in [6.45, 7) is 3.34. The number of rotatable bonds is 7. The minimum atomic E-state index is -3.76. The van der Waals surface area contributed by atoms with E-state index in [2.05, 4.69) is 4.72 Å². The van der Waals surface area contributed by atoms with Gasteiger partial charge in [-0.2, -0.15) is 0 Å². The lowest BCUT2D eigenvalue weighted by molar-refractivity contribution is 0.0758. The standard InChI is InChI=1S/C18H28N2O5S/c1-14(13-24-2)19-26(22,23)15-8-9-17(25-3)16(12-15)18(21)20-10-6-4-5-7-11-20/h8-9,12,14,19H,4-7,10-11,13H2,1-3H3/t14-/m0/s1. The molecule has 1 aliphatic rings. The summed E-state index contributed by atoms with van der Waals surface area (Å²) in [6, 6.07) is 3.99. The SMILES string of the molecule is COC[C@H](C)NS(=O)(=O)c1ccc(OC)c(C(=O)N2CCCCCC2)c1. The average Bonchev–Trinajstić information content (AvgIpc) is 2.89. The molecule has 8 heteroatoms. The molecule has 2 rings (SSSR count). The van der Waals surface area contributed by atoms with Crippen LogP contribution in [0.2, 0.25) is 0 Å². The lowest BCUT2D eigenvalue weighted by Gasteiger charge is -2.22. The van der Waals surface area contributed by atoms with Crippen molar-refractivity contribution in [2.24, 2.45) is 0 Å². The third-order valence-corrected chi connectivity index (χ3v) is 5.97. The Morgan fingerprint density at radius 3 is 2.42 bits per heavy atom. The molecule has 1 aliphatic heterocycles. The quantitative estimate of drug-likeness (QED) is 0.777. The fourth-order valence-corrected chi connectivity index (χ4v) is 4.34. The molecule has 0 radical (unpaired) electrons. The minimum absolute atomic E-state index is 0.0411. The third-order valence-electron chi connectivity index (χ3n) is 4.38. The molecule has 0 aliphatic carbocycles. The Kier molecular flexibility index (Phi) is 7.43. The average molecular weight is 384 g/mol. The van der Waals surface area contributed by atoms with Gasteiger partial charge in [0.25, 0.3) is 5.91 Å². The summed E-state index contributed by atoms with van der Waals surface area (Å²) in [4.78, 5) is 14.8. The molecular weight excluding hydrogens is 356 g/mol. The van der Waals surface area contributed by atoms with Crippen LogP contribution in [0.3, 0.4) is 0 Å². The van der Waals surface area contributed by atoms with Gasteiger partial charge in [0.2, 0.25) is 10.0 Å². The summed E-state index contributed by atoms with van der Waals surface area (Å²) in [5, 5.41) is 0. The predicted molar refractivity (Wildman–Crippen MR) is 99.0 cm³/mol. The highest BCUT2D eigenvalue weighted by Crippen LogP contribution is 2.25. The first-order valence-corrected chi connectivity index (χ1v) is 10.4. The minimum Gasteiger partial charge on any atom is -0.496 e. The molecule has 0 spiro atoms. The van der Waals surface area contributed by atoms with E-state index in [0.29, 0.717) is 18.8 Å². The second kappa shape index (κ2) is 9.34. The van der Waals surface area contributed by atoms with Crippen molar-refractivity contribution in [3.05, 3.63) is 23.8 Å². The largest absolute Gasteiger partial charge is 0.496 e. The van der Waals surface area contributed by atoms with Crippen LogP contribution in [0.1, 0.15) is 43.0 Å². The highest BCUT2D eigenvalue weighted by atomic mass is 32.2. The highest BCUT2D eigenvalue weighted by Gasteiger charge is 2.24. The second-order valence-electron chi connectivity index (χ2n) is 6.55. The molecule has 0 unspecified atom stereocenters. The Morgan fingerprint density at radius 1 is 1.19 bits per heavy atom. The van der Waals surface area contributed by atoms with E-state index < -0.39 is 10.0 Å². The maximum Gasteiger partial charge on any atom is 0.257 e. The second-order valence-corrected chi connectivity index (χ2v) is 8.26. The molecule has 1 amide bonds. The molecule has 1 atom stereocenters. The van der Waals surface area contributed by atoms with E-state index in [1.54, 1.807) is 11.8 Å². The van der Waals surface area contributed by atoms with Crippen molar-refractivity contribution in [2.45, 2.75) is 43.5 Å². The van der Waals surface area contributed by atoms with Crippen LogP contribution in [0, 0.1) is 0 Å². The van der Waals surface area contributed by atoms with Crippen LogP contribution in [0.4, 0.5) is 0 Å². The van der Waals surface area contributed by atoms with Crippen molar-refractivity contribution >= 4 is 15.9 Å². The zero-order valence-corrected chi connectivity index (χ0v) is 16.5. The molecule has 1 aromatic rings. The van der Waals surface area contributed by atoms with Crippen LogP contribution in [0.15, 0.2) is 23.1 Å². The van der Waals surface area contributed by atoms with Crippen LogP contribution in [-0.2, 0) is 14.8 Å². The van der Waals surface area contributed by atoms with E-state index in [-0.39, 0.29) is 29.0 Å². The van der Waals surface area contributed by atoms with Gasteiger partial charge in [-0.3, -0.25) is 4.79 Å². The smallest absolute Gasteiger partial charge is 0.257 e. The van der Waals surface area contributed by atoms with E-state index in [4.69, 9.17) is 9.47 Å². The summed E-state index contributed by atoms with van der Waals surface area (Å²) in [6.07, 6.45) is 4.14. The summed E-state index contributed by atoms with van der Waals surface area (Å²) >= 11 is 0. The third kappa shape index (κ3) is 5.18. The van der Waals surface area contributed by atoms with Crippen molar-refractivity contribution in [3.63, 3.8) is 0 Å². The Hall–Kier alpha value is -1.64. The first kappa shape index (κ1) is 20.7. The van der Waals surface area contributed by atoms with Crippen molar-refractivity contribution in [1.29, 1.82) is 0 Å². The number of amides is 1. The van der Waals surface area contributed by atoms with Crippen LogP contribution < -0.4 is 9.46 Å². The summed E-state index contributed by atoms with van der Waals surface area (Å²) < 4.78 is 38.0. The van der Waals surface area contributed by atoms with Crippen LogP contribution in [-0.4, -0.2) is 59.2 Å². The molecule has 0 saturated carbocycles. The number of hydrogen-bond donors (Lipinski definition) is 1. The van der Waals surface area contributed by atoms with Gasteiger partial charge in [0, 0.05) is 26.2 Å². The first-order valence-electron chi connectivity index (χ1n) is 8.87. The van der Waals surface area contributed by atoms with E-state index in [1.165, 1.54) is 32.4 Å². The Labute approximate surface area is 155 Å². The number of nitrogens with one attached hydrogen (secondary N) is 1. The monoisotopic (exact) mass is 384 g/mol. The Morgan fingerprint density at radius 2 is 1.85 bits per heavy atom. The van der Waals surface area contributed by atoms with E-state index in [9.17, 15) is 13.2 Å². The molecule has 146 valence electrons. The molecule has 1 N–H and O–H groups in total. The molecule has 0 bridgehead atoms. The molecular formula is C18H28N2O5S. The van der Waals surface area contributed by atoms with Crippen molar-refractivity contribution in [3.8, 4) is 5.75 Å². The maximum absolute atomic E-state index is 12.9. The van der Waals surface area contributed by atoms with Crippen LogP contribution >= 0.6 is 0 Å². The van der Waals surface area contributed by atoms with Gasteiger partial charge in [-0.25, -0.2) is 13.1 Å². The normalized spacial score (nSPS) is 16.8. The number of hydrogen-bond acceptors (Lipinski definition) is 5. The summed E-state index contributed by atoms with van der Waals surface area (Å²) in [7, 11) is -0.773.